The van der Waals surface area contributed by atoms with E-state index in [1.807, 2.05) is 0 Å². The molecule has 5 N–H and O–H groups in total. The molecule has 1 aliphatic rings. The highest BCUT2D eigenvalue weighted by molar-refractivity contribution is 5.86. The molecule has 1 saturated heterocycles. The molecule has 0 saturated carbocycles. The monoisotopic (exact) mass is 496 g/mol. The van der Waals surface area contributed by atoms with Crippen LogP contribution in [0.1, 0.15) is 58.3 Å². The molecule has 0 spiro atoms. The van der Waals surface area contributed by atoms with Crippen LogP contribution in [0.3, 0.4) is 0 Å². The first kappa shape index (κ1) is 27.2. The van der Waals surface area contributed by atoms with Crippen LogP contribution in [0.15, 0.2) is 27.4 Å². The number of aliphatic hydroxyl groups is 4. The van der Waals surface area contributed by atoms with E-state index in [2.05, 4.69) is 6.92 Å². The third-order valence-electron chi connectivity index (χ3n) is 6.15. The van der Waals surface area contributed by atoms with Gasteiger partial charge in [0.15, 0.2) is 5.75 Å². The molecule has 196 valence electrons. The summed E-state index contributed by atoms with van der Waals surface area (Å²) >= 11 is 0. The Morgan fingerprint density at radius 2 is 1.63 bits per heavy atom. The van der Waals surface area contributed by atoms with Crippen molar-refractivity contribution >= 4 is 11.0 Å². The number of aromatic hydroxyl groups is 1. The van der Waals surface area contributed by atoms with E-state index >= 15 is 0 Å². The van der Waals surface area contributed by atoms with Gasteiger partial charge in [0.25, 0.3) is 0 Å². The first-order valence-electron chi connectivity index (χ1n) is 12.3. The highest BCUT2D eigenvalue weighted by atomic mass is 16.7. The number of aliphatic hydroxyl groups excluding tert-OH is 4. The number of ether oxygens (including phenoxy) is 3. The normalized spacial score (nSPS) is 24.5. The summed E-state index contributed by atoms with van der Waals surface area (Å²) in [7, 11) is 0. The van der Waals surface area contributed by atoms with Crippen LogP contribution in [0.2, 0.25) is 0 Å². The van der Waals surface area contributed by atoms with Gasteiger partial charge in [-0.15, -0.1) is 0 Å². The average Bonchev–Trinajstić information content (AvgIpc) is 2.85. The third-order valence-corrected chi connectivity index (χ3v) is 6.15. The van der Waals surface area contributed by atoms with Crippen molar-refractivity contribution < 1.29 is 44.2 Å². The summed E-state index contributed by atoms with van der Waals surface area (Å²) in [6, 6.07) is 4.38. The first-order chi connectivity index (χ1) is 16.9. The maximum Gasteiger partial charge on any atom is 0.382 e. The summed E-state index contributed by atoms with van der Waals surface area (Å²) in [5, 5.41) is 49.9. The van der Waals surface area contributed by atoms with Crippen molar-refractivity contribution in [1.82, 2.24) is 0 Å². The maximum atomic E-state index is 12.1. The Hall–Kier alpha value is -2.37. The zero-order valence-electron chi connectivity index (χ0n) is 20.0. The predicted molar refractivity (Wildman–Crippen MR) is 127 cm³/mol. The highest BCUT2D eigenvalue weighted by Gasteiger charge is 2.44. The molecule has 1 fully saturated rings. The molecule has 0 aliphatic carbocycles. The Bertz CT molecular complexity index is 988. The fourth-order valence-electron chi connectivity index (χ4n) is 4.07. The molecule has 5 atom stereocenters. The van der Waals surface area contributed by atoms with Gasteiger partial charge < -0.3 is 44.2 Å². The second-order valence-electron chi connectivity index (χ2n) is 8.86. The lowest BCUT2D eigenvalue weighted by molar-refractivity contribution is -0.277. The molecule has 0 bridgehead atoms. The van der Waals surface area contributed by atoms with Crippen LogP contribution in [0.4, 0.5) is 0 Å². The Kier molecular flexibility index (Phi) is 10.2. The Morgan fingerprint density at radius 1 is 0.943 bits per heavy atom. The molecule has 1 aromatic heterocycles. The number of unbranched alkanes of at least 4 members (excludes halogenated alkanes) is 7. The standard InChI is InChI=1S/C25H36O10/c1-2-3-4-5-6-7-8-9-12-32-23-16-11-10-15(13-17(16)34-24(31)22(23)30)33-25-21(29)20(28)19(27)18(14-26)35-25/h10-11,13,18-21,25-30H,2-9,12,14H2,1H3/t18-,19-,20+,21+,25-/m1/s1. The molecule has 0 amide bonds. The lowest BCUT2D eigenvalue weighted by Crippen LogP contribution is -2.60. The largest absolute Gasteiger partial charge is 0.499 e. The highest BCUT2D eigenvalue weighted by Crippen LogP contribution is 2.35. The number of benzene rings is 1. The van der Waals surface area contributed by atoms with Crippen LogP contribution in [0.25, 0.3) is 11.0 Å². The van der Waals surface area contributed by atoms with Crippen LogP contribution in [-0.4, -0.2) is 69.5 Å². The Balaban J connectivity index is 1.64. The van der Waals surface area contributed by atoms with Crippen molar-refractivity contribution in [3.63, 3.8) is 0 Å². The number of hydrogen-bond donors (Lipinski definition) is 5. The molecule has 10 nitrogen and oxygen atoms in total. The fraction of sp³-hybridized carbons (Fsp3) is 0.640. The van der Waals surface area contributed by atoms with Gasteiger partial charge in [0.05, 0.1) is 18.6 Å². The van der Waals surface area contributed by atoms with Crippen molar-refractivity contribution in [2.45, 2.75) is 89.0 Å². The first-order valence-corrected chi connectivity index (χ1v) is 12.3. The van der Waals surface area contributed by atoms with Gasteiger partial charge in [-0.1, -0.05) is 51.9 Å². The topological polar surface area (TPSA) is 159 Å². The van der Waals surface area contributed by atoms with Crippen LogP contribution >= 0.6 is 0 Å². The van der Waals surface area contributed by atoms with E-state index in [9.17, 15) is 30.3 Å². The molecule has 2 heterocycles. The third kappa shape index (κ3) is 6.86. The van der Waals surface area contributed by atoms with Gasteiger partial charge in [0, 0.05) is 6.07 Å². The summed E-state index contributed by atoms with van der Waals surface area (Å²) in [6.45, 7) is 1.94. The molecular formula is C25H36O10. The molecular weight excluding hydrogens is 460 g/mol. The minimum Gasteiger partial charge on any atom is -0.499 e. The van der Waals surface area contributed by atoms with Gasteiger partial charge in [0.1, 0.15) is 35.7 Å². The van der Waals surface area contributed by atoms with Crippen LogP contribution in [-0.2, 0) is 4.74 Å². The Labute approximate surface area is 203 Å². The molecule has 0 unspecified atom stereocenters. The Morgan fingerprint density at radius 3 is 2.31 bits per heavy atom. The second-order valence-corrected chi connectivity index (χ2v) is 8.86. The molecule has 1 aromatic carbocycles. The summed E-state index contributed by atoms with van der Waals surface area (Å²) in [4.78, 5) is 12.1. The van der Waals surface area contributed by atoms with E-state index in [4.69, 9.17) is 18.6 Å². The van der Waals surface area contributed by atoms with Crippen molar-refractivity contribution in [3.05, 3.63) is 28.6 Å². The fourth-order valence-corrected chi connectivity index (χ4v) is 4.07. The van der Waals surface area contributed by atoms with Gasteiger partial charge in [-0.25, -0.2) is 4.79 Å². The lowest BCUT2D eigenvalue weighted by atomic mass is 9.99. The molecule has 1 aliphatic heterocycles. The molecule has 2 aromatic rings. The van der Waals surface area contributed by atoms with Gasteiger partial charge in [0.2, 0.25) is 12.0 Å². The van der Waals surface area contributed by atoms with Gasteiger partial charge in [-0.3, -0.25) is 0 Å². The zero-order chi connectivity index (χ0) is 25.4. The second kappa shape index (κ2) is 13.1. The van der Waals surface area contributed by atoms with E-state index in [-0.39, 0.29) is 17.1 Å². The molecule has 3 rings (SSSR count). The van der Waals surface area contributed by atoms with Gasteiger partial charge in [-0.05, 0) is 18.6 Å². The van der Waals surface area contributed by atoms with E-state index in [0.29, 0.717) is 12.0 Å². The average molecular weight is 497 g/mol. The SMILES string of the molecule is CCCCCCCCCCOc1c(O)c(=O)oc2cc(O[C@@H]3O[C@H](CO)[C@@H](O)[C@H](O)[C@@H]3O)ccc12. The summed E-state index contributed by atoms with van der Waals surface area (Å²) in [5.41, 5.74) is -0.880. The van der Waals surface area contributed by atoms with E-state index in [1.54, 1.807) is 0 Å². The minimum atomic E-state index is -1.59. The predicted octanol–water partition coefficient (Wildman–Crippen LogP) is 2.20. The summed E-state index contributed by atoms with van der Waals surface area (Å²) in [6.07, 6.45) is 1.86. The molecule has 0 radical (unpaired) electrons. The number of hydrogen-bond acceptors (Lipinski definition) is 10. The van der Waals surface area contributed by atoms with E-state index < -0.39 is 48.7 Å². The molecule has 10 heteroatoms. The van der Waals surface area contributed by atoms with Gasteiger partial charge in [-0.2, -0.15) is 0 Å². The van der Waals surface area contributed by atoms with Gasteiger partial charge >= 0.3 is 5.63 Å². The number of rotatable bonds is 13. The van der Waals surface area contributed by atoms with Crippen molar-refractivity contribution in [2.75, 3.05) is 13.2 Å². The zero-order valence-corrected chi connectivity index (χ0v) is 20.0. The van der Waals surface area contributed by atoms with Crippen molar-refractivity contribution in [2.24, 2.45) is 0 Å². The minimum absolute atomic E-state index is 0.0265. The number of fused-ring (bicyclic) bond motifs is 1. The molecule has 35 heavy (non-hydrogen) atoms. The van der Waals surface area contributed by atoms with Crippen LogP contribution < -0.4 is 15.1 Å². The van der Waals surface area contributed by atoms with Crippen molar-refractivity contribution in [1.29, 1.82) is 0 Å². The lowest BCUT2D eigenvalue weighted by Gasteiger charge is -2.39. The van der Waals surface area contributed by atoms with E-state index in [0.717, 1.165) is 19.3 Å². The quantitative estimate of drug-likeness (QED) is 0.205. The van der Waals surface area contributed by atoms with Crippen LogP contribution in [0.5, 0.6) is 17.2 Å². The van der Waals surface area contributed by atoms with Crippen LogP contribution in [0, 0.1) is 0 Å². The summed E-state index contributed by atoms with van der Waals surface area (Å²) in [5.74, 6) is -0.456. The maximum absolute atomic E-state index is 12.1. The van der Waals surface area contributed by atoms with E-state index in [1.165, 1.54) is 50.3 Å². The summed E-state index contributed by atoms with van der Waals surface area (Å²) < 4.78 is 21.8. The smallest absolute Gasteiger partial charge is 0.382 e. The van der Waals surface area contributed by atoms with Crippen molar-refractivity contribution in [3.8, 4) is 17.2 Å².